The molecule has 4 aromatic rings. The zero-order valence-corrected chi connectivity index (χ0v) is 32.5. The van der Waals surface area contributed by atoms with E-state index < -0.39 is 61.8 Å². The summed E-state index contributed by atoms with van der Waals surface area (Å²) in [7, 11) is 7.07. The van der Waals surface area contributed by atoms with E-state index in [-0.39, 0.29) is 26.1 Å². The Morgan fingerprint density at radius 1 is 0.630 bits per heavy atom. The standard InChI is InChI=1S/C40H48N2O10S2/c1-41(2)33(23-29(31-17-11-19-53-31)47-37-25-45-35(51-37)21-27-13-7-5-8-14-27)49-39(43)40(44)50-34(42(3)4)24-30(32-18-12-20-54-32)48-38-26-46-36(52-38)22-28-15-9-6-10-16-28/h5-20,29-30,33-38H,21-26H2,1-4H3. The number of carbonyl (C=O) groups excluding carboxylic acids is 2. The summed E-state index contributed by atoms with van der Waals surface area (Å²) >= 11 is 3.04. The molecule has 2 aliphatic rings. The van der Waals surface area contributed by atoms with Crippen molar-refractivity contribution >= 4 is 34.6 Å². The maximum Gasteiger partial charge on any atom is 0.419 e. The maximum atomic E-state index is 13.3. The zero-order chi connectivity index (χ0) is 37.9. The number of rotatable bonds is 18. The summed E-state index contributed by atoms with van der Waals surface area (Å²) < 4.78 is 48.3. The van der Waals surface area contributed by atoms with Crippen LogP contribution in [0.4, 0.5) is 0 Å². The molecule has 4 heterocycles. The first-order chi connectivity index (χ1) is 26.2. The lowest BCUT2D eigenvalue weighted by molar-refractivity contribution is -0.197. The van der Waals surface area contributed by atoms with E-state index in [1.54, 1.807) is 38.0 Å². The first-order valence-electron chi connectivity index (χ1n) is 17.9. The fourth-order valence-corrected chi connectivity index (χ4v) is 7.62. The molecular formula is C40H48N2O10S2. The van der Waals surface area contributed by atoms with Crippen LogP contribution in [0.5, 0.6) is 0 Å². The van der Waals surface area contributed by atoms with E-state index in [9.17, 15) is 9.59 Å². The summed E-state index contributed by atoms with van der Waals surface area (Å²) in [6.45, 7) is 0.517. The van der Waals surface area contributed by atoms with Crippen LogP contribution < -0.4 is 0 Å². The highest BCUT2D eigenvalue weighted by Gasteiger charge is 2.36. The molecule has 14 heteroatoms. The number of thiophene rings is 2. The van der Waals surface area contributed by atoms with Crippen LogP contribution in [0.3, 0.4) is 0 Å². The molecule has 2 fully saturated rings. The van der Waals surface area contributed by atoms with Gasteiger partial charge in [-0.1, -0.05) is 72.8 Å². The Morgan fingerprint density at radius 2 is 1.04 bits per heavy atom. The third kappa shape index (κ3) is 11.7. The molecule has 0 saturated carbocycles. The van der Waals surface area contributed by atoms with E-state index >= 15 is 0 Å². The van der Waals surface area contributed by atoms with Gasteiger partial charge in [-0.05, 0) is 62.2 Å². The molecule has 2 aromatic heterocycles. The monoisotopic (exact) mass is 780 g/mol. The summed E-state index contributed by atoms with van der Waals surface area (Å²) in [5, 5.41) is 3.90. The fraction of sp³-hybridized carbons (Fsp3) is 0.450. The fourth-order valence-electron chi connectivity index (χ4n) is 6.07. The largest absolute Gasteiger partial charge is 0.438 e. The Hall–Kier alpha value is -3.54. The highest BCUT2D eigenvalue weighted by Crippen LogP contribution is 2.34. The van der Waals surface area contributed by atoms with Gasteiger partial charge in [0.2, 0.25) is 0 Å². The molecular weight excluding hydrogens is 733 g/mol. The van der Waals surface area contributed by atoms with E-state index in [1.807, 2.05) is 95.7 Å². The van der Waals surface area contributed by atoms with E-state index in [1.165, 1.54) is 22.7 Å². The number of benzene rings is 2. The first-order valence-corrected chi connectivity index (χ1v) is 19.7. The molecule has 8 unspecified atom stereocenters. The zero-order valence-electron chi connectivity index (χ0n) is 30.9. The van der Waals surface area contributed by atoms with Crippen LogP contribution in [0, 0.1) is 0 Å². The van der Waals surface area contributed by atoms with Crippen LogP contribution in [0.15, 0.2) is 95.7 Å². The lowest BCUT2D eigenvalue weighted by atomic mass is 10.1. The van der Waals surface area contributed by atoms with Crippen LogP contribution >= 0.6 is 22.7 Å². The van der Waals surface area contributed by atoms with Gasteiger partial charge >= 0.3 is 11.9 Å². The van der Waals surface area contributed by atoms with Crippen molar-refractivity contribution in [2.75, 3.05) is 41.4 Å². The molecule has 54 heavy (non-hydrogen) atoms. The second-order valence-corrected chi connectivity index (χ2v) is 15.4. The molecule has 2 aromatic carbocycles. The first kappa shape index (κ1) is 40.1. The van der Waals surface area contributed by atoms with Crippen LogP contribution in [-0.4, -0.2) is 101 Å². The summed E-state index contributed by atoms with van der Waals surface area (Å²) in [6, 6.07) is 27.7. The number of ether oxygens (including phenoxy) is 8. The Kier molecular flexibility index (Phi) is 14.8. The minimum absolute atomic E-state index is 0.232. The van der Waals surface area contributed by atoms with Gasteiger partial charge in [0, 0.05) is 35.4 Å². The number of hydrogen-bond donors (Lipinski definition) is 0. The lowest BCUT2D eigenvalue weighted by Crippen LogP contribution is -2.41. The minimum atomic E-state index is -1.11. The van der Waals surface area contributed by atoms with Gasteiger partial charge in [0.25, 0.3) is 0 Å². The predicted octanol–water partition coefficient (Wildman–Crippen LogP) is 6.15. The highest BCUT2D eigenvalue weighted by molar-refractivity contribution is 7.10. The van der Waals surface area contributed by atoms with Gasteiger partial charge in [-0.25, -0.2) is 9.59 Å². The Labute approximate surface area is 324 Å². The van der Waals surface area contributed by atoms with Crippen LogP contribution in [-0.2, 0) is 60.3 Å². The number of hydrogen-bond acceptors (Lipinski definition) is 14. The molecule has 0 amide bonds. The normalized spacial score (nSPS) is 22.3. The Bertz CT molecular complexity index is 1570. The van der Waals surface area contributed by atoms with Gasteiger partial charge in [0.15, 0.2) is 37.6 Å². The van der Waals surface area contributed by atoms with Gasteiger partial charge in [0.1, 0.15) is 13.2 Å². The number of esters is 2. The molecule has 0 aliphatic carbocycles. The highest BCUT2D eigenvalue weighted by atomic mass is 32.1. The van der Waals surface area contributed by atoms with E-state index in [4.69, 9.17) is 37.9 Å². The van der Waals surface area contributed by atoms with E-state index in [0.717, 1.165) is 20.9 Å². The third-order valence-electron chi connectivity index (χ3n) is 8.92. The minimum Gasteiger partial charge on any atom is -0.438 e. The van der Waals surface area contributed by atoms with Crippen molar-refractivity contribution in [1.29, 1.82) is 0 Å². The average Bonchev–Trinajstić information content (AvgIpc) is 4.01. The maximum absolute atomic E-state index is 13.3. The van der Waals surface area contributed by atoms with Crippen molar-refractivity contribution in [2.24, 2.45) is 0 Å². The molecule has 2 saturated heterocycles. The van der Waals surface area contributed by atoms with E-state index in [2.05, 4.69) is 0 Å². The van der Waals surface area contributed by atoms with Crippen molar-refractivity contribution < 1.29 is 47.5 Å². The summed E-state index contributed by atoms with van der Waals surface area (Å²) in [6.07, 6.45) is -3.11. The molecule has 8 atom stereocenters. The molecule has 0 N–H and O–H groups in total. The van der Waals surface area contributed by atoms with Crippen LogP contribution in [0.1, 0.15) is 45.9 Å². The topological polar surface area (TPSA) is 114 Å². The Morgan fingerprint density at radius 3 is 1.39 bits per heavy atom. The summed E-state index contributed by atoms with van der Waals surface area (Å²) in [4.78, 5) is 32.0. The molecule has 0 radical (unpaired) electrons. The lowest BCUT2D eigenvalue weighted by Gasteiger charge is -2.30. The van der Waals surface area contributed by atoms with Crippen molar-refractivity contribution in [3.8, 4) is 0 Å². The van der Waals surface area contributed by atoms with Crippen LogP contribution in [0.25, 0.3) is 0 Å². The van der Waals surface area contributed by atoms with Crippen molar-refractivity contribution in [3.05, 3.63) is 117 Å². The van der Waals surface area contributed by atoms with Gasteiger partial charge in [0.05, 0.1) is 12.2 Å². The molecule has 0 bridgehead atoms. The summed E-state index contributed by atoms with van der Waals surface area (Å²) in [5.74, 6) is -2.22. The van der Waals surface area contributed by atoms with Crippen molar-refractivity contribution in [1.82, 2.24) is 9.80 Å². The SMILES string of the molecule is CN(C)C(CC(OC1COC(Cc2ccccc2)O1)c1cccs1)OC(=O)C(=O)OC(CC(OC1COC(Cc2ccccc2)O1)c1cccs1)N(C)C. The molecule has 0 spiro atoms. The third-order valence-corrected chi connectivity index (χ3v) is 10.9. The number of carbonyl (C=O) groups is 2. The van der Waals surface area contributed by atoms with Gasteiger partial charge < -0.3 is 37.9 Å². The van der Waals surface area contributed by atoms with Gasteiger partial charge in [-0.3, -0.25) is 9.80 Å². The van der Waals surface area contributed by atoms with Gasteiger partial charge in [-0.2, -0.15) is 0 Å². The predicted molar refractivity (Wildman–Crippen MR) is 202 cm³/mol. The van der Waals surface area contributed by atoms with Gasteiger partial charge in [-0.15, -0.1) is 22.7 Å². The second kappa shape index (κ2) is 19.9. The van der Waals surface area contributed by atoms with Crippen molar-refractivity contribution in [2.45, 2.75) is 75.5 Å². The second-order valence-electron chi connectivity index (χ2n) is 13.4. The molecule has 2 aliphatic heterocycles. The molecule has 6 rings (SSSR count). The average molecular weight is 781 g/mol. The smallest absolute Gasteiger partial charge is 0.419 e. The molecule has 290 valence electrons. The molecule has 12 nitrogen and oxygen atoms in total. The number of nitrogens with zero attached hydrogens (tertiary/aromatic N) is 2. The Balaban J connectivity index is 1.04. The van der Waals surface area contributed by atoms with Crippen LogP contribution in [0.2, 0.25) is 0 Å². The quantitative estimate of drug-likeness (QED) is 0.0656. The van der Waals surface area contributed by atoms with Crippen molar-refractivity contribution in [3.63, 3.8) is 0 Å². The summed E-state index contributed by atoms with van der Waals surface area (Å²) in [5.41, 5.74) is 2.20. The van der Waals surface area contributed by atoms with E-state index in [0.29, 0.717) is 12.8 Å².